The second-order valence-corrected chi connectivity index (χ2v) is 2.69. The van der Waals surface area contributed by atoms with Gasteiger partial charge in [0.25, 0.3) is 0 Å². The predicted octanol–water partition coefficient (Wildman–Crippen LogP) is 1.81. The Morgan fingerprint density at radius 2 is 1.67 bits per heavy atom. The number of hydrogen-bond acceptors (Lipinski definition) is 0. The van der Waals surface area contributed by atoms with Gasteiger partial charge in [0.05, 0.1) is 0 Å². The van der Waals surface area contributed by atoms with Crippen LogP contribution in [0, 0.1) is 11.8 Å². The standard InChI is InChI=1S/C6H10/c1-2-5-4-6(5)3-1/h5-6H,1-4H2/t5-,6-/m1/s1. The van der Waals surface area contributed by atoms with Crippen LogP contribution in [0.5, 0.6) is 0 Å². The summed E-state index contributed by atoms with van der Waals surface area (Å²) in [6, 6.07) is 0. The van der Waals surface area contributed by atoms with E-state index in [1.807, 2.05) is 0 Å². The van der Waals surface area contributed by atoms with Gasteiger partial charge in [-0.05, 0) is 18.3 Å². The van der Waals surface area contributed by atoms with Gasteiger partial charge in [0.15, 0.2) is 0 Å². The smallest absolute Gasteiger partial charge is 0.0383 e. The van der Waals surface area contributed by atoms with Gasteiger partial charge in [-0.15, -0.1) is 0 Å². The van der Waals surface area contributed by atoms with Crippen molar-refractivity contribution in [2.24, 2.45) is 11.8 Å². The van der Waals surface area contributed by atoms with Crippen LogP contribution in [-0.2, 0) is 0 Å². The average Bonchev–Trinajstić information content (AvgIpc) is 2.17. The molecule has 0 saturated heterocycles. The largest absolute Gasteiger partial charge is 0.0528 e. The van der Waals surface area contributed by atoms with Crippen molar-refractivity contribution >= 4 is 0 Å². The number of hydrogen-bond donors (Lipinski definition) is 0. The Hall–Kier alpha value is 0. The molecule has 2 saturated carbocycles. The van der Waals surface area contributed by atoms with Crippen LogP contribution in [-0.4, -0.2) is 0 Å². The maximum atomic E-state index is 1.58. The highest BCUT2D eigenvalue weighted by molar-refractivity contribution is 4.91. The fraction of sp³-hybridized carbons (Fsp3) is 1.00. The molecule has 0 spiro atoms. The molecule has 0 heterocycles. The Morgan fingerprint density at radius 3 is 1.83 bits per heavy atom. The summed E-state index contributed by atoms with van der Waals surface area (Å²) in [5, 5.41) is 0. The molecule has 0 nitrogen and oxygen atoms in total. The van der Waals surface area contributed by atoms with Crippen molar-refractivity contribution in [3.05, 3.63) is 0 Å². The molecule has 34 valence electrons. The minimum absolute atomic E-state index is 1.21. The summed E-state index contributed by atoms with van der Waals surface area (Å²) in [7, 11) is 0. The van der Waals surface area contributed by atoms with E-state index in [1.165, 1.54) is 18.3 Å². The van der Waals surface area contributed by atoms with Crippen LogP contribution in [0.15, 0.2) is 0 Å². The van der Waals surface area contributed by atoms with Crippen molar-refractivity contribution in [1.29, 1.82) is 0 Å². The molecule has 0 aromatic carbocycles. The van der Waals surface area contributed by atoms with Gasteiger partial charge >= 0.3 is 0 Å². The van der Waals surface area contributed by atoms with Gasteiger partial charge < -0.3 is 0 Å². The fourth-order valence-electron chi connectivity index (χ4n) is 1.66. The Labute approximate surface area is 38.6 Å². The third-order valence-electron chi connectivity index (χ3n) is 2.22. The van der Waals surface area contributed by atoms with Crippen molar-refractivity contribution in [2.45, 2.75) is 25.7 Å². The SMILES string of the molecule is C1C[C@@H]2C[C@H]2C1. The zero-order valence-corrected chi connectivity index (χ0v) is 3.98. The van der Waals surface area contributed by atoms with Gasteiger partial charge in [0, 0.05) is 0 Å². The predicted molar refractivity (Wildman–Crippen MR) is 25.4 cm³/mol. The lowest BCUT2D eigenvalue weighted by molar-refractivity contribution is 0.735. The van der Waals surface area contributed by atoms with Crippen LogP contribution in [0.3, 0.4) is 0 Å². The Bertz CT molecular complexity index is 58.4. The monoisotopic (exact) mass is 82.1 g/mol. The van der Waals surface area contributed by atoms with E-state index in [0.717, 1.165) is 0 Å². The first-order chi connectivity index (χ1) is 2.97. The topological polar surface area (TPSA) is 0 Å². The second kappa shape index (κ2) is 0.800. The Balaban J connectivity index is 2.09. The third kappa shape index (κ3) is 0.250. The van der Waals surface area contributed by atoms with Gasteiger partial charge in [-0.2, -0.15) is 0 Å². The minimum atomic E-state index is 1.21. The second-order valence-electron chi connectivity index (χ2n) is 2.69. The molecule has 0 radical (unpaired) electrons. The maximum absolute atomic E-state index is 1.58. The van der Waals surface area contributed by atoms with Gasteiger partial charge in [-0.3, -0.25) is 0 Å². The summed E-state index contributed by atoms with van der Waals surface area (Å²) in [6.45, 7) is 0. The lowest BCUT2D eigenvalue weighted by atomic mass is 10.3. The van der Waals surface area contributed by atoms with Crippen molar-refractivity contribution < 1.29 is 0 Å². The minimum Gasteiger partial charge on any atom is -0.0528 e. The molecule has 0 aromatic heterocycles. The molecule has 0 unspecified atom stereocenters. The average molecular weight is 82.1 g/mol. The molecule has 0 amide bonds. The quantitative estimate of drug-likeness (QED) is 0.418. The first-order valence-corrected chi connectivity index (χ1v) is 2.97. The van der Waals surface area contributed by atoms with Crippen LogP contribution in [0.25, 0.3) is 0 Å². The maximum Gasteiger partial charge on any atom is -0.0383 e. The van der Waals surface area contributed by atoms with Crippen LogP contribution in [0.2, 0.25) is 0 Å². The van der Waals surface area contributed by atoms with Crippen LogP contribution in [0.4, 0.5) is 0 Å². The molecule has 2 aliphatic carbocycles. The van der Waals surface area contributed by atoms with Crippen LogP contribution >= 0.6 is 0 Å². The Kier molecular flexibility index (Phi) is 0.408. The molecular weight excluding hydrogens is 72.1 g/mol. The van der Waals surface area contributed by atoms with Gasteiger partial charge in [0.2, 0.25) is 0 Å². The van der Waals surface area contributed by atoms with Crippen LogP contribution in [0.1, 0.15) is 25.7 Å². The summed E-state index contributed by atoms with van der Waals surface area (Å²) in [5.74, 6) is 2.43. The molecule has 0 bridgehead atoms. The van der Waals surface area contributed by atoms with Crippen molar-refractivity contribution in [1.82, 2.24) is 0 Å². The van der Waals surface area contributed by atoms with E-state index in [0.29, 0.717) is 0 Å². The Morgan fingerprint density at radius 1 is 1.00 bits per heavy atom. The molecule has 2 fully saturated rings. The fourth-order valence-corrected chi connectivity index (χ4v) is 1.66. The van der Waals surface area contributed by atoms with E-state index in [1.54, 1.807) is 19.3 Å². The normalized spacial score (nSPS) is 52.0. The molecule has 0 aliphatic heterocycles. The zero-order valence-electron chi connectivity index (χ0n) is 3.98. The molecule has 2 aliphatic rings. The first kappa shape index (κ1) is 3.06. The van der Waals surface area contributed by atoms with E-state index < -0.39 is 0 Å². The van der Waals surface area contributed by atoms with Crippen molar-refractivity contribution in [3.8, 4) is 0 Å². The molecule has 6 heavy (non-hydrogen) atoms. The summed E-state index contributed by atoms with van der Waals surface area (Å²) >= 11 is 0. The third-order valence-corrected chi connectivity index (χ3v) is 2.22. The molecule has 2 rings (SSSR count). The summed E-state index contributed by atoms with van der Waals surface area (Å²) in [6.07, 6.45) is 6.24. The highest BCUT2D eigenvalue weighted by atomic mass is 14.5. The lowest BCUT2D eigenvalue weighted by Crippen LogP contribution is -1.64. The van der Waals surface area contributed by atoms with E-state index in [-0.39, 0.29) is 0 Å². The van der Waals surface area contributed by atoms with Gasteiger partial charge in [0.1, 0.15) is 0 Å². The van der Waals surface area contributed by atoms with Gasteiger partial charge in [-0.25, -0.2) is 0 Å². The van der Waals surface area contributed by atoms with E-state index in [4.69, 9.17) is 0 Å². The number of rotatable bonds is 0. The first-order valence-electron chi connectivity index (χ1n) is 2.97. The van der Waals surface area contributed by atoms with E-state index >= 15 is 0 Å². The van der Waals surface area contributed by atoms with Crippen LogP contribution < -0.4 is 0 Å². The molecule has 0 heteroatoms. The molecule has 0 N–H and O–H groups in total. The van der Waals surface area contributed by atoms with Gasteiger partial charge in [-0.1, -0.05) is 19.3 Å². The highest BCUT2D eigenvalue weighted by Crippen LogP contribution is 2.51. The summed E-state index contributed by atoms with van der Waals surface area (Å²) in [5.41, 5.74) is 0. The number of fused-ring (bicyclic) bond motifs is 1. The molecule has 0 aromatic rings. The zero-order chi connectivity index (χ0) is 3.98. The lowest BCUT2D eigenvalue weighted by Gasteiger charge is -1.80. The summed E-state index contributed by atoms with van der Waals surface area (Å²) < 4.78 is 0. The van der Waals surface area contributed by atoms with E-state index in [2.05, 4.69) is 0 Å². The van der Waals surface area contributed by atoms with Crippen molar-refractivity contribution in [2.75, 3.05) is 0 Å². The highest BCUT2D eigenvalue weighted by Gasteiger charge is 2.40. The molecule has 2 atom stereocenters. The van der Waals surface area contributed by atoms with E-state index in [9.17, 15) is 0 Å². The van der Waals surface area contributed by atoms with Crippen molar-refractivity contribution in [3.63, 3.8) is 0 Å². The molecular formula is C6H10. The summed E-state index contributed by atoms with van der Waals surface area (Å²) in [4.78, 5) is 0.